The van der Waals surface area contributed by atoms with Crippen molar-refractivity contribution in [1.82, 2.24) is 29.8 Å². The fourth-order valence-electron chi connectivity index (χ4n) is 4.59. The van der Waals surface area contributed by atoms with Crippen LogP contribution in [0.5, 0.6) is 5.75 Å². The first-order valence-electron chi connectivity index (χ1n) is 11.0. The van der Waals surface area contributed by atoms with Crippen LogP contribution < -0.4 is 15.4 Å². The average Bonchev–Trinajstić information content (AvgIpc) is 3.49. The van der Waals surface area contributed by atoms with Crippen LogP contribution in [0.4, 0.5) is 15.1 Å². The van der Waals surface area contributed by atoms with Crippen LogP contribution in [-0.2, 0) is 13.0 Å². The van der Waals surface area contributed by atoms with Crippen LogP contribution in [0, 0.1) is 5.82 Å². The Balaban J connectivity index is 1.33. The third kappa shape index (κ3) is 3.69. The van der Waals surface area contributed by atoms with Gasteiger partial charge in [0.15, 0.2) is 5.65 Å². The number of anilines is 1. The smallest absolute Gasteiger partial charge is 0.317 e. The third-order valence-electron chi connectivity index (χ3n) is 6.27. The number of fused-ring (bicyclic) bond motifs is 2. The van der Waals surface area contributed by atoms with Gasteiger partial charge in [-0.25, -0.2) is 14.2 Å². The number of benzene rings is 1. The summed E-state index contributed by atoms with van der Waals surface area (Å²) in [7, 11) is 0. The van der Waals surface area contributed by atoms with E-state index < -0.39 is 0 Å². The van der Waals surface area contributed by atoms with Crippen LogP contribution in [0.15, 0.2) is 24.7 Å². The molecule has 0 radical (unpaired) electrons. The summed E-state index contributed by atoms with van der Waals surface area (Å²) in [4.78, 5) is 18.5. The Morgan fingerprint density at radius 3 is 2.97 bits per heavy atom. The van der Waals surface area contributed by atoms with Crippen molar-refractivity contribution in [2.75, 3.05) is 31.6 Å². The molecular weight excluding hydrogens is 413 g/mol. The van der Waals surface area contributed by atoms with E-state index in [9.17, 15) is 9.18 Å². The lowest BCUT2D eigenvalue weighted by Crippen LogP contribution is -2.44. The van der Waals surface area contributed by atoms with Crippen LogP contribution in [0.1, 0.15) is 42.4 Å². The highest BCUT2D eigenvalue weighted by Gasteiger charge is 2.26. The van der Waals surface area contributed by atoms with Crippen molar-refractivity contribution in [1.29, 1.82) is 0 Å². The Labute approximate surface area is 185 Å². The molecule has 0 unspecified atom stereocenters. The van der Waals surface area contributed by atoms with Gasteiger partial charge in [0.1, 0.15) is 17.9 Å². The zero-order valence-electron chi connectivity index (χ0n) is 18.0. The second-order valence-electron chi connectivity index (χ2n) is 8.11. The van der Waals surface area contributed by atoms with Gasteiger partial charge in [0.05, 0.1) is 6.61 Å². The molecule has 10 heteroatoms. The number of halogens is 1. The van der Waals surface area contributed by atoms with Gasteiger partial charge in [-0.3, -0.25) is 4.40 Å². The molecule has 9 nitrogen and oxygen atoms in total. The number of likely N-dealkylation sites (tertiary alicyclic amines) is 1. The number of rotatable bonds is 5. The summed E-state index contributed by atoms with van der Waals surface area (Å²) in [6.07, 6.45) is 5.83. The van der Waals surface area contributed by atoms with E-state index in [2.05, 4.69) is 25.8 Å². The van der Waals surface area contributed by atoms with Gasteiger partial charge in [-0.05, 0) is 37.8 Å². The summed E-state index contributed by atoms with van der Waals surface area (Å²) >= 11 is 0. The summed E-state index contributed by atoms with van der Waals surface area (Å²) in [5, 5.41) is 14.5. The lowest BCUT2D eigenvalue weighted by atomic mass is 9.91. The SMILES string of the molecule is CCNC(=O)N1CCC(c2cnc(NCc3c(F)ccc4c3CCO4)n3cnnc23)CC1. The summed E-state index contributed by atoms with van der Waals surface area (Å²) in [5.41, 5.74) is 3.27. The number of carbonyl (C=O) groups is 1. The van der Waals surface area contributed by atoms with Crippen molar-refractivity contribution in [3.63, 3.8) is 0 Å². The molecular formula is C22H26FN7O2. The normalized spacial score (nSPS) is 16.1. The second kappa shape index (κ2) is 8.60. The zero-order chi connectivity index (χ0) is 22.1. The van der Waals surface area contributed by atoms with Crippen molar-refractivity contribution in [3.05, 3.63) is 47.2 Å². The molecule has 2 N–H and O–H groups in total. The lowest BCUT2D eigenvalue weighted by molar-refractivity contribution is 0.182. The molecule has 2 aliphatic rings. The molecule has 0 aliphatic carbocycles. The zero-order valence-corrected chi connectivity index (χ0v) is 18.0. The van der Waals surface area contributed by atoms with Crippen molar-refractivity contribution in [2.24, 2.45) is 0 Å². The van der Waals surface area contributed by atoms with E-state index in [0.29, 0.717) is 50.7 Å². The van der Waals surface area contributed by atoms with Crippen molar-refractivity contribution < 1.29 is 13.9 Å². The molecule has 0 atom stereocenters. The maximum atomic E-state index is 14.5. The Hall–Kier alpha value is -3.43. The van der Waals surface area contributed by atoms with Gasteiger partial charge in [0.25, 0.3) is 0 Å². The summed E-state index contributed by atoms with van der Waals surface area (Å²) in [5.74, 6) is 1.31. The number of amides is 2. The molecule has 5 rings (SSSR count). The van der Waals surface area contributed by atoms with Gasteiger partial charge in [-0.2, -0.15) is 0 Å². The monoisotopic (exact) mass is 439 g/mol. The number of carbonyl (C=O) groups excluding carboxylic acids is 1. The van der Waals surface area contributed by atoms with E-state index in [4.69, 9.17) is 4.74 Å². The van der Waals surface area contributed by atoms with E-state index in [-0.39, 0.29) is 17.8 Å². The molecule has 32 heavy (non-hydrogen) atoms. The van der Waals surface area contributed by atoms with Gasteiger partial charge in [-0.15, -0.1) is 10.2 Å². The largest absolute Gasteiger partial charge is 0.493 e. The Bertz CT molecular complexity index is 1140. The van der Waals surface area contributed by atoms with Gasteiger partial charge in [-0.1, -0.05) is 0 Å². The van der Waals surface area contributed by atoms with E-state index in [0.717, 1.165) is 35.4 Å². The third-order valence-corrected chi connectivity index (χ3v) is 6.27. The van der Waals surface area contributed by atoms with E-state index in [1.54, 1.807) is 12.4 Å². The standard InChI is InChI=1S/C22H26FN7O2/c1-2-24-22(31)29-8-5-14(6-9-29)16-11-25-21(30-13-27-28-20(16)30)26-12-17-15-7-10-32-19(15)4-3-18(17)23/h3-4,11,13-14H,2,5-10,12H2,1H3,(H,24,31)(H,25,26). The minimum absolute atomic E-state index is 0.0127. The first kappa shape index (κ1) is 20.5. The number of aromatic nitrogens is 4. The molecule has 3 aromatic rings. The number of nitrogens with zero attached hydrogens (tertiary/aromatic N) is 5. The number of hydrogen-bond acceptors (Lipinski definition) is 6. The Morgan fingerprint density at radius 1 is 1.31 bits per heavy atom. The first-order chi connectivity index (χ1) is 15.7. The number of hydrogen-bond donors (Lipinski definition) is 2. The molecule has 1 fully saturated rings. The van der Waals surface area contributed by atoms with Crippen LogP contribution >= 0.6 is 0 Å². The molecule has 0 bridgehead atoms. The summed E-state index contributed by atoms with van der Waals surface area (Å²) in [6, 6.07) is 3.11. The van der Waals surface area contributed by atoms with Gasteiger partial charge in [0.2, 0.25) is 5.95 Å². The topological polar surface area (TPSA) is 96.7 Å². The molecule has 4 heterocycles. The minimum atomic E-state index is -0.253. The fraction of sp³-hybridized carbons (Fsp3) is 0.455. The van der Waals surface area contributed by atoms with Crippen molar-refractivity contribution in [2.45, 2.75) is 38.6 Å². The van der Waals surface area contributed by atoms with Crippen LogP contribution in [0.3, 0.4) is 0 Å². The molecule has 2 aliphatic heterocycles. The second-order valence-corrected chi connectivity index (χ2v) is 8.11. The fourth-order valence-corrected chi connectivity index (χ4v) is 4.59. The van der Waals surface area contributed by atoms with Crippen molar-refractivity contribution in [3.8, 4) is 5.75 Å². The molecule has 0 spiro atoms. The highest BCUT2D eigenvalue weighted by Crippen LogP contribution is 2.32. The van der Waals surface area contributed by atoms with Gasteiger partial charge < -0.3 is 20.3 Å². The Morgan fingerprint density at radius 2 is 2.16 bits per heavy atom. The lowest BCUT2D eigenvalue weighted by Gasteiger charge is -2.32. The Kier molecular flexibility index (Phi) is 5.50. The molecule has 1 saturated heterocycles. The van der Waals surface area contributed by atoms with Crippen LogP contribution in [0.25, 0.3) is 5.65 Å². The van der Waals surface area contributed by atoms with E-state index in [1.165, 1.54) is 6.07 Å². The number of piperidine rings is 1. The molecule has 168 valence electrons. The maximum absolute atomic E-state index is 14.5. The quantitative estimate of drug-likeness (QED) is 0.635. The average molecular weight is 439 g/mol. The summed E-state index contributed by atoms with van der Waals surface area (Å²) < 4.78 is 21.8. The molecule has 1 aromatic carbocycles. The van der Waals surface area contributed by atoms with E-state index >= 15 is 0 Å². The maximum Gasteiger partial charge on any atom is 0.317 e. The number of urea groups is 1. The highest BCUT2D eigenvalue weighted by molar-refractivity contribution is 5.74. The predicted molar refractivity (Wildman–Crippen MR) is 116 cm³/mol. The molecule has 0 saturated carbocycles. The van der Waals surface area contributed by atoms with Gasteiger partial charge in [0, 0.05) is 55.5 Å². The predicted octanol–water partition coefficient (Wildman–Crippen LogP) is 2.72. The van der Waals surface area contributed by atoms with Gasteiger partial charge >= 0.3 is 6.03 Å². The van der Waals surface area contributed by atoms with Crippen LogP contribution in [-0.4, -0.2) is 56.8 Å². The first-order valence-corrected chi connectivity index (χ1v) is 11.0. The summed E-state index contributed by atoms with van der Waals surface area (Å²) in [6.45, 7) is 4.80. The molecule has 2 amide bonds. The number of nitrogens with one attached hydrogen (secondary N) is 2. The van der Waals surface area contributed by atoms with Crippen LogP contribution in [0.2, 0.25) is 0 Å². The van der Waals surface area contributed by atoms with E-state index in [1.807, 2.05) is 22.4 Å². The number of ether oxygens (including phenoxy) is 1. The molecule has 2 aromatic heterocycles. The minimum Gasteiger partial charge on any atom is -0.493 e. The van der Waals surface area contributed by atoms with Crippen molar-refractivity contribution >= 4 is 17.6 Å². The highest BCUT2D eigenvalue weighted by atomic mass is 19.1.